The summed E-state index contributed by atoms with van der Waals surface area (Å²) >= 11 is 0. The first kappa shape index (κ1) is 21.3. The fraction of sp³-hybridized carbons (Fsp3) is 0.100. The molecule has 10 heteroatoms. The number of carbonyl (C=O) groups excluding carboxylic acids is 1. The number of pyridine rings is 1. The second-order valence-corrected chi connectivity index (χ2v) is 7.51. The van der Waals surface area contributed by atoms with Crippen LogP contribution in [0.4, 0.5) is 13.2 Å². The Hall–Kier alpha value is -3.40. The number of rotatable bonds is 6. The smallest absolute Gasteiger partial charge is 0.448 e. The SMILES string of the molecule is O=C(OC(c1ccccc1)c1ccccc1)c1ccc(OS(=O)(=O)C(F)(F)F)cn1. The topological polar surface area (TPSA) is 82.6 Å². The molecule has 2 aromatic carbocycles. The summed E-state index contributed by atoms with van der Waals surface area (Å²) < 4.78 is 68.7. The van der Waals surface area contributed by atoms with Gasteiger partial charge in [0.1, 0.15) is 5.69 Å². The van der Waals surface area contributed by atoms with Gasteiger partial charge in [0.15, 0.2) is 11.9 Å². The zero-order valence-electron chi connectivity index (χ0n) is 15.1. The largest absolute Gasteiger partial charge is 0.534 e. The zero-order valence-corrected chi connectivity index (χ0v) is 15.9. The molecule has 0 saturated carbocycles. The van der Waals surface area contributed by atoms with Gasteiger partial charge < -0.3 is 8.92 Å². The Morgan fingerprint density at radius 2 is 1.40 bits per heavy atom. The molecule has 3 rings (SSSR count). The first-order chi connectivity index (χ1) is 14.2. The third-order valence-electron chi connectivity index (χ3n) is 3.86. The Bertz CT molecular complexity index is 1060. The molecule has 0 aliphatic carbocycles. The Labute approximate surface area is 170 Å². The second kappa shape index (κ2) is 8.54. The normalized spacial score (nSPS) is 11.9. The molecular formula is C20H14F3NO5S. The van der Waals surface area contributed by atoms with E-state index in [4.69, 9.17) is 4.74 Å². The zero-order chi connectivity index (χ0) is 21.8. The number of halogens is 3. The van der Waals surface area contributed by atoms with Crippen molar-refractivity contribution in [2.45, 2.75) is 11.6 Å². The highest BCUT2D eigenvalue weighted by Crippen LogP contribution is 2.28. The van der Waals surface area contributed by atoms with E-state index in [9.17, 15) is 26.4 Å². The van der Waals surface area contributed by atoms with Gasteiger partial charge in [-0.25, -0.2) is 9.78 Å². The van der Waals surface area contributed by atoms with E-state index in [0.29, 0.717) is 17.3 Å². The third-order valence-corrected chi connectivity index (χ3v) is 4.84. The van der Waals surface area contributed by atoms with E-state index < -0.39 is 33.4 Å². The molecule has 1 heterocycles. The van der Waals surface area contributed by atoms with Gasteiger partial charge in [0.2, 0.25) is 0 Å². The molecule has 1 aromatic heterocycles. The lowest BCUT2D eigenvalue weighted by Gasteiger charge is -2.18. The number of hydrogen-bond acceptors (Lipinski definition) is 6. The van der Waals surface area contributed by atoms with Gasteiger partial charge in [-0.2, -0.15) is 21.6 Å². The number of nitrogens with zero attached hydrogens (tertiary/aromatic N) is 1. The van der Waals surface area contributed by atoms with Crippen LogP contribution in [0.3, 0.4) is 0 Å². The van der Waals surface area contributed by atoms with Gasteiger partial charge in [-0.15, -0.1) is 0 Å². The van der Waals surface area contributed by atoms with Crippen LogP contribution in [-0.4, -0.2) is 24.9 Å². The molecule has 0 amide bonds. The van der Waals surface area contributed by atoms with Gasteiger partial charge in [0.05, 0.1) is 6.20 Å². The number of ether oxygens (including phenoxy) is 1. The lowest BCUT2D eigenvalue weighted by atomic mass is 10.0. The number of esters is 1. The molecule has 0 aliphatic heterocycles. The number of alkyl halides is 3. The molecule has 0 spiro atoms. The summed E-state index contributed by atoms with van der Waals surface area (Å²) in [6, 6.07) is 19.7. The summed E-state index contributed by atoms with van der Waals surface area (Å²) in [6.45, 7) is 0. The molecule has 0 bridgehead atoms. The minimum atomic E-state index is -5.83. The first-order valence-electron chi connectivity index (χ1n) is 8.45. The van der Waals surface area contributed by atoms with Crippen molar-refractivity contribution in [3.05, 3.63) is 95.8 Å². The summed E-state index contributed by atoms with van der Waals surface area (Å²) in [5.74, 6) is -1.54. The van der Waals surface area contributed by atoms with E-state index in [-0.39, 0.29) is 5.69 Å². The highest BCUT2D eigenvalue weighted by molar-refractivity contribution is 7.88. The maximum Gasteiger partial charge on any atom is 0.534 e. The average Bonchev–Trinajstić information content (AvgIpc) is 2.72. The van der Waals surface area contributed by atoms with Gasteiger partial charge in [0, 0.05) is 0 Å². The van der Waals surface area contributed by atoms with Crippen molar-refractivity contribution in [1.29, 1.82) is 0 Å². The predicted molar refractivity (Wildman–Crippen MR) is 100.0 cm³/mol. The third kappa shape index (κ3) is 4.95. The van der Waals surface area contributed by atoms with Gasteiger partial charge in [-0.3, -0.25) is 0 Å². The van der Waals surface area contributed by atoms with Crippen molar-refractivity contribution in [2.75, 3.05) is 0 Å². The summed E-state index contributed by atoms with van der Waals surface area (Å²) in [7, 11) is -5.83. The molecule has 6 nitrogen and oxygen atoms in total. The molecule has 0 aliphatic rings. The second-order valence-electron chi connectivity index (χ2n) is 5.97. The van der Waals surface area contributed by atoms with Crippen molar-refractivity contribution in [3.8, 4) is 5.75 Å². The van der Waals surface area contributed by atoms with Crippen LogP contribution in [0.25, 0.3) is 0 Å². The molecule has 3 aromatic rings. The summed E-state index contributed by atoms with van der Waals surface area (Å²) in [5, 5.41) is 0. The molecule has 30 heavy (non-hydrogen) atoms. The van der Waals surface area contributed by atoms with Crippen molar-refractivity contribution < 1.29 is 35.3 Å². The number of benzene rings is 2. The van der Waals surface area contributed by atoms with E-state index in [1.54, 1.807) is 48.5 Å². The van der Waals surface area contributed by atoms with Crippen LogP contribution in [0.1, 0.15) is 27.7 Å². The van der Waals surface area contributed by atoms with E-state index in [1.165, 1.54) is 0 Å². The minimum Gasteiger partial charge on any atom is -0.448 e. The van der Waals surface area contributed by atoms with Gasteiger partial charge in [-0.05, 0) is 23.3 Å². The molecule has 0 atom stereocenters. The van der Waals surface area contributed by atoms with Crippen LogP contribution in [0.5, 0.6) is 5.75 Å². The van der Waals surface area contributed by atoms with Crippen LogP contribution in [0.15, 0.2) is 79.0 Å². The molecule has 0 unspecified atom stereocenters. The van der Waals surface area contributed by atoms with E-state index >= 15 is 0 Å². The fourth-order valence-electron chi connectivity index (χ4n) is 2.48. The van der Waals surface area contributed by atoms with Gasteiger partial charge in [0.25, 0.3) is 0 Å². The van der Waals surface area contributed by atoms with Crippen LogP contribution < -0.4 is 4.18 Å². The molecule has 156 valence electrons. The van der Waals surface area contributed by atoms with Crippen molar-refractivity contribution in [1.82, 2.24) is 4.98 Å². The number of carbonyl (C=O) groups is 1. The Balaban J connectivity index is 1.80. The van der Waals surface area contributed by atoms with Gasteiger partial charge >= 0.3 is 21.6 Å². The van der Waals surface area contributed by atoms with Crippen molar-refractivity contribution in [2.24, 2.45) is 0 Å². The maximum absolute atomic E-state index is 12.5. The Morgan fingerprint density at radius 1 is 0.867 bits per heavy atom. The fourth-order valence-corrected chi connectivity index (χ4v) is 2.92. The highest BCUT2D eigenvalue weighted by Gasteiger charge is 2.48. The van der Waals surface area contributed by atoms with Crippen LogP contribution in [-0.2, 0) is 14.9 Å². The molecular weight excluding hydrogens is 423 g/mol. The number of aromatic nitrogens is 1. The van der Waals surface area contributed by atoms with E-state index in [2.05, 4.69) is 9.17 Å². The van der Waals surface area contributed by atoms with Crippen molar-refractivity contribution in [3.63, 3.8) is 0 Å². The molecule has 0 fully saturated rings. The molecule has 0 saturated heterocycles. The average molecular weight is 437 g/mol. The quantitative estimate of drug-likeness (QED) is 0.326. The van der Waals surface area contributed by atoms with Crippen LogP contribution in [0.2, 0.25) is 0 Å². The van der Waals surface area contributed by atoms with E-state index in [0.717, 1.165) is 12.1 Å². The summed E-state index contributed by atoms with van der Waals surface area (Å²) in [6.07, 6.45) is -0.0526. The first-order valence-corrected chi connectivity index (χ1v) is 9.86. The van der Waals surface area contributed by atoms with Crippen LogP contribution >= 0.6 is 0 Å². The maximum atomic E-state index is 12.5. The molecule has 0 radical (unpaired) electrons. The standard InChI is InChI=1S/C20H14F3NO5S/c21-20(22,23)30(26,27)29-16-11-12-17(24-13-16)19(25)28-18(14-7-3-1-4-8-14)15-9-5-2-6-10-15/h1-13,18H. The van der Waals surface area contributed by atoms with Gasteiger partial charge in [-0.1, -0.05) is 60.7 Å². The summed E-state index contributed by atoms with van der Waals surface area (Å²) in [5.41, 5.74) is -4.41. The Morgan fingerprint density at radius 3 is 1.83 bits per heavy atom. The minimum absolute atomic E-state index is 0.233. The molecule has 0 N–H and O–H groups in total. The lowest BCUT2D eigenvalue weighted by molar-refractivity contribution is -0.0500. The highest BCUT2D eigenvalue weighted by atomic mass is 32.2. The monoisotopic (exact) mass is 437 g/mol. The number of hydrogen-bond donors (Lipinski definition) is 0. The van der Waals surface area contributed by atoms with Crippen LogP contribution in [0, 0.1) is 0 Å². The Kier molecular flexibility index (Phi) is 6.06. The predicted octanol–water partition coefficient (Wildman–Crippen LogP) is 4.26. The van der Waals surface area contributed by atoms with E-state index in [1.807, 2.05) is 12.1 Å². The van der Waals surface area contributed by atoms with Crippen molar-refractivity contribution >= 4 is 16.1 Å². The lowest BCUT2D eigenvalue weighted by Crippen LogP contribution is -2.28. The summed E-state index contributed by atoms with van der Waals surface area (Å²) in [4.78, 5) is 16.2.